The second kappa shape index (κ2) is 8.17. The van der Waals surface area contributed by atoms with Crippen LogP contribution in [0.4, 0.5) is 17.6 Å². The van der Waals surface area contributed by atoms with E-state index in [-0.39, 0.29) is 11.1 Å². The van der Waals surface area contributed by atoms with E-state index in [2.05, 4.69) is 6.92 Å². The van der Waals surface area contributed by atoms with Gasteiger partial charge in [0.1, 0.15) is 5.82 Å². The van der Waals surface area contributed by atoms with E-state index in [1.54, 1.807) is 12.1 Å². The summed E-state index contributed by atoms with van der Waals surface area (Å²) in [5, 5.41) is 1.17. The predicted molar refractivity (Wildman–Crippen MR) is 109 cm³/mol. The number of hydrogen-bond donors (Lipinski definition) is 0. The van der Waals surface area contributed by atoms with Crippen molar-refractivity contribution in [2.24, 2.45) is 5.92 Å². The van der Waals surface area contributed by atoms with E-state index in [1.165, 1.54) is 37.3 Å². The molecule has 1 aliphatic rings. The van der Waals surface area contributed by atoms with Crippen molar-refractivity contribution in [3.8, 4) is 11.1 Å². The minimum absolute atomic E-state index is 0.0147. The van der Waals surface area contributed by atoms with Gasteiger partial charge in [0.2, 0.25) is 0 Å². The first-order valence-electron chi connectivity index (χ1n) is 10.3. The average Bonchev–Trinajstić information content (AvgIpc) is 2.72. The van der Waals surface area contributed by atoms with Crippen LogP contribution in [0.1, 0.15) is 56.9 Å². The summed E-state index contributed by atoms with van der Waals surface area (Å²) in [5.41, 5.74) is 1.26. The minimum atomic E-state index is -1.55. The van der Waals surface area contributed by atoms with E-state index in [1.807, 2.05) is 12.1 Å². The number of fused-ring (bicyclic) bond motifs is 1. The quantitative estimate of drug-likeness (QED) is 0.306. The smallest absolute Gasteiger partial charge is 0.194 e. The fraction of sp³-hybridized carbons (Fsp3) is 0.360. The molecule has 0 unspecified atom stereocenters. The third kappa shape index (κ3) is 3.90. The van der Waals surface area contributed by atoms with Crippen LogP contribution in [0, 0.1) is 29.2 Å². The fourth-order valence-corrected chi connectivity index (χ4v) is 4.69. The molecule has 1 fully saturated rings. The maximum atomic E-state index is 15.1. The average molecular weight is 400 g/mol. The van der Waals surface area contributed by atoms with Crippen molar-refractivity contribution in [1.82, 2.24) is 0 Å². The van der Waals surface area contributed by atoms with Gasteiger partial charge in [0, 0.05) is 10.9 Å². The van der Waals surface area contributed by atoms with Gasteiger partial charge in [0.25, 0.3) is 0 Å². The standard InChI is InChI=1S/C25H24F4/c1-2-3-15-4-6-16(7-5-15)17-8-10-20-18(12-17)9-11-21(24(20)28)19-13-22(26)25(29)23(27)14-19/h8-16H,2-7H2,1H3. The van der Waals surface area contributed by atoms with Crippen LogP contribution in [-0.2, 0) is 0 Å². The molecule has 0 saturated heterocycles. The van der Waals surface area contributed by atoms with Gasteiger partial charge in [-0.2, -0.15) is 0 Å². The third-order valence-electron chi connectivity index (χ3n) is 6.29. The molecule has 0 radical (unpaired) electrons. The molecular weight excluding hydrogens is 376 g/mol. The molecule has 3 aromatic carbocycles. The summed E-state index contributed by atoms with van der Waals surface area (Å²) in [6, 6.07) is 10.7. The van der Waals surface area contributed by atoms with E-state index in [0.717, 1.165) is 36.3 Å². The molecule has 0 aliphatic heterocycles. The molecule has 0 bridgehead atoms. The van der Waals surface area contributed by atoms with Crippen LogP contribution in [0.25, 0.3) is 21.9 Å². The van der Waals surface area contributed by atoms with Gasteiger partial charge in [0.15, 0.2) is 17.5 Å². The summed E-state index contributed by atoms with van der Waals surface area (Å²) in [4.78, 5) is 0. The first-order valence-corrected chi connectivity index (χ1v) is 10.3. The maximum absolute atomic E-state index is 15.1. The molecule has 1 saturated carbocycles. The van der Waals surface area contributed by atoms with E-state index < -0.39 is 23.3 Å². The van der Waals surface area contributed by atoms with Crippen LogP contribution in [-0.4, -0.2) is 0 Å². The molecule has 0 N–H and O–H groups in total. The second-order valence-electron chi connectivity index (χ2n) is 8.17. The van der Waals surface area contributed by atoms with Crippen molar-refractivity contribution in [3.05, 3.63) is 71.3 Å². The summed E-state index contributed by atoms with van der Waals surface area (Å²) in [7, 11) is 0. The van der Waals surface area contributed by atoms with Crippen LogP contribution >= 0.6 is 0 Å². The number of hydrogen-bond acceptors (Lipinski definition) is 0. The molecule has 4 rings (SSSR count). The van der Waals surface area contributed by atoms with Gasteiger partial charge >= 0.3 is 0 Å². The van der Waals surface area contributed by atoms with Gasteiger partial charge in [-0.15, -0.1) is 0 Å². The van der Waals surface area contributed by atoms with Crippen LogP contribution in [0.5, 0.6) is 0 Å². The van der Waals surface area contributed by atoms with Crippen molar-refractivity contribution < 1.29 is 17.6 Å². The lowest BCUT2D eigenvalue weighted by Gasteiger charge is -2.28. The molecular formula is C25H24F4. The minimum Gasteiger partial charge on any atom is -0.206 e. The van der Waals surface area contributed by atoms with Crippen molar-refractivity contribution in [2.45, 2.75) is 51.4 Å². The highest BCUT2D eigenvalue weighted by Crippen LogP contribution is 2.39. The first-order chi connectivity index (χ1) is 14.0. The molecule has 1 aliphatic carbocycles. The van der Waals surface area contributed by atoms with Crippen LogP contribution in [0.2, 0.25) is 0 Å². The zero-order valence-electron chi connectivity index (χ0n) is 16.5. The van der Waals surface area contributed by atoms with Crippen molar-refractivity contribution in [2.75, 3.05) is 0 Å². The van der Waals surface area contributed by atoms with Crippen LogP contribution in [0.3, 0.4) is 0 Å². The molecule has 4 heteroatoms. The summed E-state index contributed by atoms with van der Waals surface area (Å²) in [6.45, 7) is 2.23. The highest BCUT2D eigenvalue weighted by atomic mass is 19.2. The lowest BCUT2D eigenvalue weighted by Crippen LogP contribution is -2.13. The topological polar surface area (TPSA) is 0 Å². The Hall–Kier alpha value is -2.36. The zero-order valence-corrected chi connectivity index (χ0v) is 16.5. The third-order valence-corrected chi connectivity index (χ3v) is 6.29. The molecule has 0 atom stereocenters. The number of rotatable bonds is 4. The predicted octanol–water partition coefficient (Wildman–Crippen LogP) is 8.14. The Labute approximate surface area is 168 Å². The molecule has 0 aromatic heterocycles. The highest BCUT2D eigenvalue weighted by Gasteiger charge is 2.22. The largest absolute Gasteiger partial charge is 0.206 e. The van der Waals surface area contributed by atoms with Crippen LogP contribution < -0.4 is 0 Å². The van der Waals surface area contributed by atoms with E-state index in [0.29, 0.717) is 11.3 Å². The number of halogens is 4. The molecule has 0 amide bonds. The number of benzene rings is 3. The Bertz CT molecular complexity index is 1010. The molecule has 0 nitrogen and oxygen atoms in total. The zero-order chi connectivity index (χ0) is 20.5. The van der Waals surface area contributed by atoms with Gasteiger partial charge in [-0.25, -0.2) is 17.6 Å². The molecule has 0 heterocycles. The highest BCUT2D eigenvalue weighted by molar-refractivity contribution is 5.89. The van der Waals surface area contributed by atoms with E-state index in [9.17, 15) is 13.2 Å². The van der Waals surface area contributed by atoms with E-state index >= 15 is 4.39 Å². The van der Waals surface area contributed by atoms with E-state index in [4.69, 9.17) is 0 Å². The fourth-order valence-electron chi connectivity index (χ4n) is 4.69. The van der Waals surface area contributed by atoms with Gasteiger partial charge in [-0.1, -0.05) is 50.1 Å². The monoisotopic (exact) mass is 400 g/mol. The van der Waals surface area contributed by atoms with Gasteiger partial charge in [0.05, 0.1) is 0 Å². The van der Waals surface area contributed by atoms with Crippen LogP contribution in [0.15, 0.2) is 42.5 Å². The molecule has 0 spiro atoms. The summed E-state index contributed by atoms with van der Waals surface area (Å²) >= 11 is 0. The van der Waals surface area contributed by atoms with Crippen molar-refractivity contribution in [1.29, 1.82) is 0 Å². The Kier molecular flexibility index (Phi) is 5.62. The molecule has 152 valence electrons. The summed E-state index contributed by atoms with van der Waals surface area (Å²) in [5.74, 6) is -3.43. The Balaban J connectivity index is 1.64. The SMILES string of the molecule is CCCC1CCC(c2ccc3c(F)c(-c4cc(F)c(F)c(F)c4)ccc3c2)CC1. The second-order valence-corrected chi connectivity index (χ2v) is 8.17. The lowest BCUT2D eigenvalue weighted by atomic mass is 9.77. The van der Waals surface area contributed by atoms with Gasteiger partial charge < -0.3 is 0 Å². The van der Waals surface area contributed by atoms with Crippen molar-refractivity contribution in [3.63, 3.8) is 0 Å². The maximum Gasteiger partial charge on any atom is 0.194 e. The van der Waals surface area contributed by atoms with Crippen molar-refractivity contribution >= 4 is 10.8 Å². The normalized spacial score (nSPS) is 19.6. The summed E-state index contributed by atoms with van der Waals surface area (Å²) in [6.07, 6.45) is 7.32. The van der Waals surface area contributed by atoms with Gasteiger partial charge in [-0.3, -0.25) is 0 Å². The molecule has 3 aromatic rings. The first kappa shape index (κ1) is 19.9. The lowest BCUT2D eigenvalue weighted by molar-refractivity contribution is 0.308. The molecule has 29 heavy (non-hydrogen) atoms. The van der Waals surface area contributed by atoms with Gasteiger partial charge in [-0.05, 0) is 66.2 Å². The summed E-state index contributed by atoms with van der Waals surface area (Å²) < 4.78 is 55.5. The Morgan fingerprint density at radius 3 is 2.14 bits per heavy atom. The Morgan fingerprint density at radius 2 is 1.48 bits per heavy atom. The Morgan fingerprint density at radius 1 is 0.793 bits per heavy atom.